The molecule has 0 aromatic carbocycles. The van der Waals surface area contributed by atoms with Gasteiger partial charge in [-0.2, -0.15) is 0 Å². The molecule has 0 aromatic heterocycles. The first kappa shape index (κ1) is 13.8. The number of aldehydes is 1. The Hall–Kier alpha value is -1.19. The fourth-order valence-electron chi connectivity index (χ4n) is 1.47. The largest absolute Gasteiger partial charge is 0.303 e. The minimum Gasteiger partial charge on any atom is -0.303 e. The van der Waals surface area contributed by atoms with Crippen LogP contribution < -0.4 is 0 Å². The van der Waals surface area contributed by atoms with Gasteiger partial charge in [-0.25, -0.2) is 0 Å². The number of allylic oxidation sites excluding steroid dienone is 2. The van der Waals surface area contributed by atoms with E-state index in [9.17, 15) is 14.9 Å². The standard InChI is InChI=1S/C11H19NO3/c1-10(2)5-4-6-11(3,7-8-13)9-12(14)15/h5,8H,4,6-7,9H2,1-3H3. The van der Waals surface area contributed by atoms with E-state index in [0.717, 1.165) is 12.7 Å². The van der Waals surface area contributed by atoms with Crippen LogP contribution in [0.15, 0.2) is 11.6 Å². The first-order valence-corrected chi connectivity index (χ1v) is 5.08. The molecule has 0 bridgehead atoms. The van der Waals surface area contributed by atoms with Crippen LogP contribution in [0, 0.1) is 15.5 Å². The molecule has 1 unspecified atom stereocenters. The number of rotatable bonds is 7. The van der Waals surface area contributed by atoms with Crippen LogP contribution in [-0.2, 0) is 4.79 Å². The summed E-state index contributed by atoms with van der Waals surface area (Å²) in [5.74, 6) is 0. The van der Waals surface area contributed by atoms with Gasteiger partial charge in [-0.15, -0.1) is 0 Å². The number of nitrogens with zero attached hydrogens (tertiary/aromatic N) is 1. The minimum absolute atomic E-state index is 0.137. The Balaban J connectivity index is 4.30. The second kappa shape index (κ2) is 6.32. The predicted molar refractivity (Wildman–Crippen MR) is 59.3 cm³/mol. The van der Waals surface area contributed by atoms with Crippen LogP contribution in [0.4, 0.5) is 0 Å². The van der Waals surface area contributed by atoms with Crippen LogP contribution in [0.1, 0.15) is 40.0 Å². The van der Waals surface area contributed by atoms with Gasteiger partial charge in [-0.3, -0.25) is 10.1 Å². The molecule has 0 amide bonds. The van der Waals surface area contributed by atoms with Gasteiger partial charge in [-0.05, 0) is 26.7 Å². The van der Waals surface area contributed by atoms with E-state index >= 15 is 0 Å². The molecule has 4 heteroatoms. The summed E-state index contributed by atoms with van der Waals surface area (Å²) in [5.41, 5.74) is 0.696. The van der Waals surface area contributed by atoms with Crippen LogP contribution in [0.5, 0.6) is 0 Å². The molecule has 4 nitrogen and oxygen atoms in total. The molecule has 0 fully saturated rings. The van der Waals surface area contributed by atoms with E-state index in [2.05, 4.69) is 0 Å². The lowest BCUT2D eigenvalue weighted by molar-refractivity contribution is -0.496. The van der Waals surface area contributed by atoms with Gasteiger partial charge >= 0.3 is 0 Å². The summed E-state index contributed by atoms with van der Waals surface area (Å²) in [5, 5.41) is 10.5. The quantitative estimate of drug-likeness (QED) is 0.282. The zero-order chi connectivity index (χ0) is 11.9. The van der Waals surface area contributed by atoms with E-state index in [1.807, 2.05) is 19.9 Å². The third-order valence-corrected chi connectivity index (χ3v) is 2.39. The Kier molecular flexibility index (Phi) is 5.82. The summed E-state index contributed by atoms with van der Waals surface area (Å²) in [7, 11) is 0. The summed E-state index contributed by atoms with van der Waals surface area (Å²) in [6.07, 6.45) is 4.54. The highest BCUT2D eigenvalue weighted by atomic mass is 16.6. The van der Waals surface area contributed by atoms with Crippen LogP contribution in [0.2, 0.25) is 0 Å². The van der Waals surface area contributed by atoms with Crippen molar-refractivity contribution in [1.82, 2.24) is 0 Å². The van der Waals surface area contributed by atoms with Crippen molar-refractivity contribution < 1.29 is 9.72 Å². The molecule has 0 heterocycles. The van der Waals surface area contributed by atoms with E-state index in [-0.39, 0.29) is 17.9 Å². The van der Waals surface area contributed by atoms with Gasteiger partial charge in [0.05, 0.1) is 0 Å². The van der Waals surface area contributed by atoms with Gasteiger partial charge < -0.3 is 4.79 Å². The summed E-state index contributed by atoms with van der Waals surface area (Å²) < 4.78 is 0. The van der Waals surface area contributed by atoms with Crippen molar-refractivity contribution >= 4 is 6.29 Å². The first-order valence-electron chi connectivity index (χ1n) is 5.08. The molecular formula is C11H19NO3. The van der Waals surface area contributed by atoms with Crippen molar-refractivity contribution in [2.75, 3.05) is 6.54 Å². The number of nitro groups is 1. The third kappa shape index (κ3) is 6.82. The molecule has 0 aliphatic heterocycles. The summed E-state index contributed by atoms with van der Waals surface area (Å²) in [6.45, 7) is 5.64. The molecule has 0 saturated carbocycles. The van der Waals surface area contributed by atoms with Gasteiger partial charge in [0, 0.05) is 16.8 Å². The van der Waals surface area contributed by atoms with Crippen molar-refractivity contribution in [3.8, 4) is 0 Å². The van der Waals surface area contributed by atoms with Crippen LogP contribution in [-0.4, -0.2) is 17.8 Å². The lowest BCUT2D eigenvalue weighted by atomic mass is 9.82. The Labute approximate surface area is 90.5 Å². The van der Waals surface area contributed by atoms with E-state index < -0.39 is 5.41 Å². The highest BCUT2D eigenvalue weighted by Gasteiger charge is 2.29. The maximum atomic E-state index is 10.5. The molecule has 0 spiro atoms. The second-order valence-corrected chi connectivity index (χ2v) is 4.49. The average molecular weight is 213 g/mol. The smallest absolute Gasteiger partial charge is 0.209 e. The van der Waals surface area contributed by atoms with E-state index in [1.54, 1.807) is 6.92 Å². The van der Waals surface area contributed by atoms with Crippen LogP contribution >= 0.6 is 0 Å². The summed E-state index contributed by atoms with van der Waals surface area (Å²) in [4.78, 5) is 20.6. The maximum absolute atomic E-state index is 10.5. The highest BCUT2D eigenvalue weighted by Crippen LogP contribution is 2.27. The number of carbonyl (C=O) groups is 1. The van der Waals surface area contributed by atoms with Crippen LogP contribution in [0.25, 0.3) is 0 Å². The van der Waals surface area contributed by atoms with E-state index in [1.165, 1.54) is 5.57 Å². The number of hydrogen-bond acceptors (Lipinski definition) is 3. The van der Waals surface area contributed by atoms with Crippen molar-refractivity contribution in [3.63, 3.8) is 0 Å². The first-order chi connectivity index (χ1) is 6.89. The molecular weight excluding hydrogens is 194 g/mol. The molecule has 0 N–H and O–H groups in total. The number of hydrogen-bond donors (Lipinski definition) is 0. The van der Waals surface area contributed by atoms with Gasteiger partial charge in [0.1, 0.15) is 6.29 Å². The lowest BCUT2D eigenvalue weighted by Gasteiger charge is -2.21. The highest BCUT2D eigenvalue weighted by molar-refractivity contribution is 5.50. The molecule has 15 heavy (non-hydrogen) atoms. The molecule has 1 atom stereocenters. The molecule has 0 radical (unpaired) electrons. The zero-order valence-corrected chi connectivity index (χ0v) is 9.66. The second-order valence-electron chi connectivity index (χ2n) is 4.49. The Morgan fingerprint density at radius 1 is 1.47 bits per heavy atom. The average Bonchev–Trinajstić information content (AvgIpc) is 2.01. The fraction of sp³-hybridized carbons (Fsp3) is 0.727. The molecule has 86 valence electrons. The van der Waals surface area contributed by atoms with Crippen molar-refractivity contribution in [1.29, 1.82) is 0 Å². The number of carbonyl (C=O) groups excluding carboxylic acids is 1. The van der Waals surface area contributed by atoms with Crippen LogP contribution in [0.3, 0.4) is 0 Å². The van der Waals surface area contributed by atoms with Gasteiger partial charge in [-0.1, -0.05) is 18.6 Å². The lowest BCUT2D eigenvalue weighted by Crippen LogP contribution is -2.27. The van der Waals surface area contributed by atoms with Crippen molar-refractivity contribution in [3.05, 3.63) is 21.8 Å². The van der Waals surface area contributed by atoms with Crippen molar-refractivity contribution in [2.24, 2.45) is 5.41 Å². The topological polar surface area (TPSA) is 60.2 Å². The van der Waals surface area contributed by atoms with Gasteiger partial charge in [0.15, 0.2) is 0 Å². The zero-order valence-electron chi connectivity index (χ0n) is 9.66. The van der Waals surface area contributed by atoms with E-state index in [4.69, 9.17) is 0 Å². The SMILES string of the molecule is CC(C)=CCCC(C)(CC=O)C[N+](=O)[O-]. The maximum Gasteiger partial charge on any atom is 0.209 e. The molecule has 0 aliphatic rings. The fourth-order valence-corrected chi connectivity index (χ4v) is 1.47. The van der Waals surface area contributed by atoms with Crippen molar-refractivity contribution in [2.45, 2.75) is 40.0 Å². The third-order valence-electron chi connectivity index (χ3n) is 2.39. The Bertz CT molecular complexity index is 257. The molecule has 0 saturated heterocycles. The Morgan fingerprint density at radius 2 is 2.07 bits per heavy atom. The molecule has 0 rings (SSSR count). The predicted octanol–water partition coefficient (Wildman–Crippen LogP) is 2.60. The summed E-state index contributed by atoms with van der Waals surface area (Å²) in [6, 6.07) is 0. The van der Waals surface area contributed by atoms with E-state index in [0.29, 0.717) is 6.42 Å². The van der Waals surface area contributed by atoms with Gasteiger partial charge in [0.2, 0.25) is 6.54 Å². The monoisotopic (exact) mass is 213 g/mol. The normalized spacial score (nSPS) is 14.1. The molecule has 0 aliphatic carbocycles. The summed E-state index contributed by atoms with van der Waals surface area (Å²) >= 11 is 0. The molecule has 0 aromatic rings. The minimum atomic E-state index is -0.503. The Morgan fingerprint density at radius 3 is 2.47 bits per heavy atom. The van der Waals surface area contributed by atoms with Gasteiger partial charge in [0.25, 0.3) is 0 Å².